The number of hydrogen-bond donors (Lipinski definition) is 0. The Morgan fingerprint density at radius 1 is 1.38 bits per heavy atom. The van der Waals surface area contributed by atoms with Crippen LogP contribution in [0, 0.1) is 0 Å². The first kappa shape index (κ1) is 13.4. The standard InChI is InChI=1S/C11H14BrNO2S/c1-9(2)8-13(3)16(14,15)11-6-4-10(12)5-7-11/h4-7H,1,8H2,2-3H3. The molecule has 3 nitrogen and oxygen atoms in total. The zero-order valence-electron chi connectivity index (χ0n) is 9.27. The number of benzene rings is 1. The van der Waals surface area contributed by atoms with E-state index in [0.29, 0.717) is 11.4 Å². The average Bonchev–Trinajstić information content (AvgIpc) is 2.17. The largest absolute Gasteiger partial charge is 0.243 e. The molecule has 0 spiro atoms. The molecule has 0 fully saturated rings. The second-order valence-corrected chi connectivity index (χ2v) is 6.63. The van der Waals surface area contributed by atoms with Crippen LogP contribution in [-0.4, -0.2) is 26.3 Å². The Kier molecular flexibility index (Phi) is 4.29. The molecule has 0 aliphatic heterocycles. The molecule has 0 bridgehead atoms. The molecule has 0 aliphatic rings. The predicted octanol–water partition coefficient (Wildman–Crippen LogP) is 2.65. The van der Waals surface area contributed by atoms with Crippen molar-refractivity contribution < 1.29 is 8.42 Å². The van der Waals surface area contributed by atoms with Gasteiger partial charge in [0.1, 0.15) is 0 Å². The summed E-state index contributed by atoms with van der Waals surface area (Å²) < 4.78 is 26.2. The zero-order chi connectivity index (χ0) is 12.3. The second-order valence-electron chi connectivity index (χ2n) is 3.67. The van der Waals surface area contributed by atoms with Gasteiger partial charge in [0.15, 0.2) is 0 Å². The topological polar surface area (TPSA) is 37.4 Å². The van der Waals surface area contributed by atoms with Crippen LogP contribution in [0.3, 0.4) is 0 Å². The van der Waals surface area contributed by atoms with Crippen LogP contribution in [0.1, 0.15) is 6.92 Å². The third-order valence-electron chi connectivity index (χ3n) is 2.01. The van der Waals surface area contributed by atoms with E-state index in [4.69, 9.17) is 0 Å². The molecular weight excluding hydrogens is 290 g/mol. The van der Waals surface area contributed by atoms with Crippen molar-refractivity contribution in [3.8, 4) is 0 Å². The summed E-state index contributed by atoms with van der Waals surface area (Å²) in [5.74, 6) is 0. The van der Waals surface area contributed by atoms with E-state index in [-0.39, 0.29) is 0 Å². The van der Waals surface area contributed by atoms with E-state index in [1.807, 2.05) is 0 Å². The summed E-state index contributed by atoms with van der Waals surface area (Å²) in [7, 11) is -1.85. The first-order chi connectivity index (χ1) is 7.34. The molecule has 0 aliphatic carbocycles. The first-order valence-corrected chi connectivity index (χ1v) is 6.93. The van der Waals surface area contributed by atoms with Gasteiger partial charge in [-0.05, 0) is 31.2 Å². The molecule has 16 heavy (non-hydrogen) atoms. The van der Waals surface area contributed by atoms with Crippen molar-refractivity contribution in [2.24, 2.45) is 0 Å². The Morgan fingerprint density at radius 2 is 1.88 bits per heavy atom. The lowest BCUT2D eigenvalue weighted by Gasteiger charge is -2.17. The quantitative estimate of drug-likeness (QED) is 0.802. The van der Waals surface area contributed by atoms with Gasteiger partial charge in [-0.2, -0.15) is 4.31 Å². The number of nitrogens with zero attached hydrogens (tertiary/aromatic N) is 1. The van der Waals surface area contributed by atoms with Gasteiger partial charge >= 0.3 is 0 Å². The van der Waals surface area contributed by atoms with Gasteiger partial charge in [0.25, 0.3) is 0 Å². The van der Waals surface area contributed by atoms with Crippen LogP contribution in [0.15, 0.2) is 45.8 Å². The molecule has 1 aromatic carbocycles. The van der Waals surface area contributed by atoms with Crippen molar-refractivity contribution >= 4 is 26.0 Å². The molecule has 5 heteroatoms. The van der Waals surface area contributed by atoms with Gasteiger partial charge in [-0.15, -0.1) is 0 Å². The second kappa shape index (κ2) is 5.12. The molecular formula is C11H14BrNO2S. The minimum atomic E-state index is -3.40. The minimum absolute atomic E-state index is 0.291. The molecule has 0 aromatic heterocycles. The normalized spacial score (nSPS) is 11.8. The third kappa shape index (κ3) is 3.17. The van der Waals surface area contributed by atoms with Crippen LogP contribution in [0.2, 0.25) is 0 Å². The lowest BCUT2D eigenvalue weighted by molar-refractivity contribution is 0.493. The van der Waals surface area contributed by atoms with E-state index in [1.165, 1.54) is 4.31 Å². The van der Waals surface area contributed by atoms with Gasteiger partial charge in [0.05, 0.1) is 4.90 Å². The predicted molar refractivity (Wildman–Crippen MR) is 68.8 cm³/mol. The Labute approximate surface area is 105 Å². The van der Waals surface area contributed by atoms with E-state index < -0.39 is 10.0 Å². The number of halogens is 1. The van der Waals surface area contributed by atoms with E-state index in [2.05, 4.69) is 22.5 Å². The van der Waals surface area contributed by atoms with Gasteiger partial charge in [-0.1, -0.05) is 28.1 Å². The van der Waals surface area contributed by atoms with Gasteiger partial charge in [0.2, 0.25) is 10.0 Å². The maximum Gasteiger partial charge on any atom is 0.243 e. The lowest BCUT2D eigenvalue weighted by atomic mass is 10.4. The highest BCUT2D eigenvalue weighted by Crippen LogP contribution is 2.18. The van der Waals surface area contributed by atoms with E-state index in [1.54, 1.807) is 38.2 Å². The molecule has 1 aromatic rings. The molecule has 0 saturated carbocycles. The van der Waals surface area contributed by atoms with Crippen LogP contribution in [0.5, 0.6) is 0 Å². The van der Waals surface area contributed by atoms with Crippen LogP contribution >= 0.6 is 15.9 Å². The first-order valence-electron chi connectivity index (χ1n) is 4.70. The highest BCUT2D eigenvalue weighted by Gasteiger charge is 2.19. The molecule has 0 saturated heterocycles. The summed E-state index contributed by atoms with van der Waals surface area (Å²) >= 11 is 3.27. The zero-order valence-corrected chi connectivity index (χ0v) is 11.7. The Morgan fingerprint density at radius 3 is 2.31 bits per heavy atom. The Hall–Kier alpha value is -0.650. The van der Waals surface area contributed by atoms with Crippen molar-refractivity contribution in [1.29, 1.82) is 0 Å². The van der Waals surface area contributed by atoms with E-state index in [0.717, 1.165) is 10.0 Å². The number of sulfonamides is 1. The Balaban J connectivity index is 3.02. The van der Waals surface area contributed by atoms with Crippen molar-refractivity contribution in [1.82, 2.24) is 4.31 Å². The monoisotopic (exact) mass is 303 g/mol. The fourth-order valence-corrected chi connectivity index (χ4v) is 2.75. The van der Waals surface area contributed by atoms with Crippen molar-refractivity contribution in [2.75, 3.05) is 13.6 Å². The molecule has 0 heterocycles. The van der Waals surface area contributed by atoms with Gasteiger partial charge in [-0.25, -0.2) is 8.42 Å². The highest BCUT2D eigenvalue weighted by molar-refractivity contribution is 9.10. The van der Waals surface area contributed by atoms with E-state index >= 15 is 0 Å². The van der Waals surface area contributed by atoms with E-state index in [9.17, 15) is 8.42 Å². The van der Waals surface area contributed by atoms with Crippen LogP contribution < -0.4 is 0 Å². The SMILES string of the molecule is C=C(C)CN(C)S(=O)(=O)c1ccc(Br)cc1. The van der Waals surface area contributed by atoms with Crippen molar-refractivity contribution in [2.45, 2.75) is 11.8 Å². The third-order valence-corrected chi connectivity index (χ3v) is 4.36. The lowest BCUT2D eigenvalue weighted by Crippen LogP contribution is -2.28. The summed E-state index contributed by atoms with van der Waals surface area (Å²) in [6, 6.07) is 6.58. The smallest absolute Gasteiger partial charge is 0.207 e. The molecule has 1 rings (SSSR count). The molecule has 0 atom stereocenters. The highest BCUT2D eigenvalue weighted by atomic mass is 79.9. The van der Waals surface area contributed by atoms with Gasteiger partial charge in [-0.3, -0.25) is 0 Å². The summed E-state index contributed by atoms with van der Waals surface area (Å²) in [5.41, 5.74) is 0.809. The van der Waals surface area contributed by atoms with Gasteiger partial charge in [0, 0.05) is 18.1 Å². The average molecular weight is 304 g/mol. The summed E-state index contributed by atoms with van der Waals surface area (Å²) in [5, 5.41) is 0. The van der Waals surface area contributed by atoms with Crippen LogP contribution in [-0.2, 0) is 10.0 Å². The fourth-order valence-electron chi connectivity index (χ4n) is 1.25. The Bertz CT molecular complexity index is 479. The van der Waals surface area contributed by atoms with Crippen molar-refractivity contribution in [3.63, 3.8) is 0 Å². The molecule has 0 N–H and O–H groups in total. The summed E-state index contributed by atoms with van der Waals surface area (Å²) in [6.07, 6.45) is 0. The number of rotatable bonds is 4. The number of likely N-dealkylation sites (N-methyl/N-ethyl adjacent to an activating group) is 1. The molecule has 88 valence electrons. The van der Waals surface area contributed by atoms with Crippen LogP contribution in [0.25, 0.3) is 0 Å². The summed E-state index contributed by atoms with van der Waals surface area (Å²) in [6.45, 7) is 5.83. The maximum atomic E-state index is 12.0. The fraction of sp³-hybridized carbons (Fsp3) is 0.273. The summed E-state index contributed by atoms with van der Waals surface area (Å²) in [4.78, 5) is 0.291. The molecule has 0 amide bonds. The molecule has 0 unspecified atom stereocenters. The molecule has 0 radical (unpaired) electrons. The minimum Gasteiger partial charge on any atom is -0.207 e. The maximum absolute atomic E-state index is 12.0. The van der Waals surface area contributed by atoms with Crippen LogP contribution in [0.4, 0.5) is 0 Å². The van der Waals surface area contributed by atoms with Gasteiger partial charge < -0.3 is 0 Å². The van der Waals surface area contributed by atoms with Crippen molar-refractivity contribution in [3.05, 3.63) is 40.9 Å². The number of hydrogen-bond acceptors (Lipinski definition) is 2.